The first-order valence-electron chi connectivity index (χ1n) is 6.65. The summed E-state index contributed by atoms with van der Waals surface area (Å²) in [6.07, 6.45) is 0.719. The highest BCUT2D eigenvalue weighted by Gasteiger charge is 2.21. The van der Waals surface area contributed by atoms with Gasteiger partial charge in [0.05, 0.1) is 0 Å². The lowest BCUT2D eigenvalue weighted by Crippen LogP contribution is -1.92. The van der Waals surface area contributed by atoms with Crippen molar-refractivity contribution in [1.29, 1.82) is 0 Å². The van der Waals surface area contributed by atoms with Crippen molar-refractivity contribution in [2.24, 2.45) is 0 Å². The second-order valence-electron chi connectivity index (χ2n) is 5.02. The van der Waals surface area contributed by atoms with E-state index in [1.165, 1.54) is 38.6 Å². The summed E-state index contributed by atoms with van der Waals surface area (Å²) < 4.78 is 0. The van der Waals surface area contributed by atoms with Crippen LogP contribution in [0.25, 0.3) is 33.0 Å². The molecule has 1 aliphatic carbocycles. The number of hydrogen-bond acceptors (Lipinski definition) is 1. The maximum atomic E-state index is 9.21. The molecule has 0 saturated heterocycles. The molecule has 0 saturated carbocycles. The van der Waals surface area contributed by atoms with Gasteiger partial charge in [0, 0.05) is 6.61 Å². The third kappa shape index (κ3) is 1.39. The van der Waals surface area contributed by atoms with Gasteiger partial charge in [-0.25, -0.2) is 0 Å². The zero-order chi connectivity index (χ0) is 12.8. The van der Waals surface area contributed by atoms with Crippen molar-refractivity contribution >= 4 is 10.8 Å². The lowest BCUT2D eigenvalue weighted by molar-refractivity contribution is 0.300. The first-order chi connectivity index (χ1) is 9.40. The Balaban J connectivity index is 2.14. The largest absolute Gasteiger partial charge is 0.396 e. The quantitative estimate of drug-likeness (QED) is 0.566. The molecule has 0 amide bonds. The fourth-order valence-electron chi connectivity index (χ4n) is 3.21. The highest BCUT2D eigenvalue weighted by molar-refractivity contribution is 6.15. The van der Waals surface area contributed by atoms with E-state index in [1.807, 2.05) is 0 Å². The van der Waals surface area contributed by atoms with Crippen molar-refractivity contribution < 1.29 is 5.11 Å². The van der Waals surface area contributed by atoms with Crippen LogP contribution >= 0.6 is 0 Å². The first-order valence-corrected chi connectivity index (χ1v) is 6.65. The normalized spacial score (nSPS) is 11.8. The summed E-state index contributed by atoms with van der Waals surface area (Å²) >= 11 is 0. The zero-order valence-electron chi connectivity index (χ0n) is 10.6. The fourth-order valence-corrected chi connectivity index (χ4v) is 3.21. The average molecular weight is 246 g/mol. The average Bonchev–Trinajstić information content (AvgIpc) is 2.79. The monoisotopic (exact) mass is 246 g/mol. The van der Waals surface area contributed by atoms with Crippen molar-refractivity contribution in [3.05, 3.63) is 60.2 Å². The van der Waals surface area contributed by atoms with Crippen LogP contribution in [0.5, 0.6) is 0 Å². The van der Waals surface area contributed by atoms with Crippen molar-refractivity contribution in [1.82, 2.24) is 0 Å². The summed E-state index contributed by atoms with van der Waals surface area (Å²) in [4.78, 5) is 0. The van der Waals surface area contributed by atoms with Gasteiger partial charge in [0.2, 0.25) is 0 Å². The number of fused-ring (bicyclic) bond motifs is 3. The predicted octanol–water partition coefficient (Wildman–Crippen LogP) is 4.02. The Hall–Kier alpha value is -2.12. The number of benzene rings is 3. The van der Waals surface area contributed by atoms with Gasteiger partial charge in [-0.05, 0) is 45.0 Å². The Morgan fingerprint density at radius 1 is 0.684 bits per heavy atom. The van der Waals surface area contributed by atoms with Crippen LogP contribution in [0, 0.1) is 0 Å². The third-order valence-electron chi connectivity index (χ3n) is 4.02. The van der Waals surface area contributed by atoms with E-state index in [0.717, 1.165) is 6.42 Å². The van der Waals surface area contributed by atoms with Crippen molar-refractivity contribution in [3.63, 3.8) is 0 Å². The van der Waals surface area contributed by atoms with Crippen LogP contribution in [0.15, 0.2) is 54.6 Å². The minimum atomic E-state index is 0.200. The molecule has 0 bridgehead atoms. The molecule has 1 nitrogen and oxygen atoms in total. The molecule has 19 heavy (non-hydrogen) atoms. The summed E-state index contributed by atoms with van der Waals surface area (Å²) in [5.74, 6) is 0. The maximum absolute atomic E-state index is 9.21. The molecule has 0 radical (unpaired) electrons. The Morgan fingerprint density at radius 2 is 1.37 bits per heavy atom. The topological polar surface area (TPSA) is 20.2 Å². The molecule has 3 aromatic rings. The number of hydrogen-bond donors (Lipinski definition) is 1. The van der Waals surface area contributed by atoms with Crippen LogP contribution in [-0.2, 0) is 6.42 Å². The summed E-state index contributed by atoms with van der Waals surface area (Å²) in [7, 11) is 0. The van der Waals surface area contributed by atoms with Gasteiger partial charge in [-0.3, -0.25) is 0 Å². The Labute approximate surface area is 112 Å². The number of aliphatic hydroxyl groups is 1. The first kappa shape index (κ1) is 10.8. The summed E-state index contributed by atoms with van der Waals surface area (Å²) in [5.41, 5.74) is 6.52. The van der Waals surface area contributed by atoms with Gasteiger partial charge < -0.3 is 5.11 Å². The van der Waals surface area contributed by atoms with Gasteiger partial charge >= 0.3 is 0 Å². The molecule has 92 valence electrons. The van der Waals surface area contributed by atoms with Crippen LogP contribution < -0.4 is 0 Å². The molecule has 0 atom stereocenters. The lowest BCUT2D eigenvalue weighted by Gasteiger charge is -2.07. The van der Waals surface area contributed by atoms with Gasteiger partial charge in [0.15, 0.2) is 0 Å². The molecule has 0 unspecified atom stereocenters. The Kier molecular flexibility index (Phi) is 2.23. The summed E-state index contributed by atoms with van der Waals surface area (Å²) in [5, 5.41) is 11.8. The Morgan fingerprint density at radius 3 is 2.11 bits per heavy atom. The van der Waals surface area contributed by atoms with E-state index in [-0.39, 0.29) is 6.61 Å². The molecule has 1 aliphatic rings. The molecule has 0 aromatic heterocycles. The molecule has 0 spiro atoms. The van der Waals surface area contributed by atoms with Gasteiger partial charge in [0.1, 0.15) is 0 Å². The van der Waals surface area contributed by atoms with Gasteiger partial charge in [-0.2, -0.15) is 0 Å². The van der Waals surface area contributed by atoms with Crippen LogP contribution in [0.2, 0.25) is 0 Å². The fraction of sp³-hybridized carbons (Fsp3) is 0.111. The smallest absolute Gasteiger partial charge is 0.0471 e. The Bertz CT molecular complexity index is 758. The molecular weight excluding hydrogens is 232 g/mol. The number of aliphatic hydroxyl groups excluding tert-OH is 1. The predicted molar refractivity (Wildman–Crippen MR) is 79.2 cm³/mol. The highest BCUT2D eigenvalue weighted by Crippen LogP contribution is 2.47. The molecule has 0 fully saturated rings. The molecule has 1 N–H and O–H groups in total. The minimum Gasteiger partial charge on any atom is -0.396 e. The van der Waals surface area contributed by atoms with E-state index in [0.29, 0.717) is 0 Å². The zero-order valence-corrected chi connectivity index (χ0v) is 10.6. The van der Waals surface area contributed by atoms with Crippen LogP contribution in [-0.4, -0.2) is 11.7 Å². The molecule has 3 aromatic carbocycles. The third-order valence-corrected chi connectivity index (χ3v) is 4.02. The van der Waals surface area contributed by atoms with Crippen molar-refractivity contribution in [2.75, 3.05) is 6.61 Å². The van der Waals surface area contributed by atoms with Gasteiger partial charge in [-0.1, -0.05) is 54.6 Å². The second kappa shape index (κ2) is 3.94. The van der Waals surface area contributed by atoms with E-state index in [2.05, 4.69) is 54.6 Å². The molecule has 4 rings (SSSR count). The molecular formula is C18H14O. The van der Waals surface area contributed by atoms with Crippen LogP contribution in [0.4, 0.5) is 0 Å². The van der Waals surface area contributed by atoms with Crippen molar-refractivity contribution in [2.45, 2.75) is 6.42 Å². The number of rotatable bonds is 2. The van der Waals surface area contributed by atoms with E-state index < -0.39 is 0 Å². The summed E-state index contributed by atoms with van der Waals surface area (Å²) in [6.45, 7) is 0.200. The van der Waals surface area contributed by atoms with E-state index in [9.17, 15) is 5.11 Å². The molecule has 1 heteroatoms. The van der Waals surface area contributed by atoms with Crippen LogP contribution in [0.3, 0.4) is 0 Å². The molecule has 0 heterocycles. The molecule has 0 aliphatic heterocycles. The highest BCUT2D eigenvalue weighted by atomic mass is 16.2. The van der Waals surface area contributed by atoms with E-state index >= 15 is 0 Å². The van der Waals surface area contributed by atoms with Crippen molar-refractivity contribution in [3.8, 4) is 22.3 Å². The standard InChI is InChI=1S/C18H14O/c19-11-10-12-8-9-17-15-5-2-1-4-14(15)16-7-3-6-13(12)18(16)17/h1-9,19H,10-11H2. The maximum Gasteiger partial charge on any atom is 0.0471 e. The van der Waals surface area contributed by atoms with Crippen LogP contribution in [0.1, 0.15) is 5.56 Å². The van der Waals surface area contributed by atoms with Gasteiger partial charge in [-0.15, -0.1) is 0 Å². The summed E-state index contributed by atoms with van der Waals surface area (Å²) in [6, 6.07) is 19.4. The van der Waals surface area contributed by atoms with E-state index in [1.54, 1.807) is 0 Å². The second-order valence-corrected chi connectivity index (χ2v) is 5.02. The van der Waals surface area contributed by atoms with Gasteiger partial charge in [0.25, 0.3) is 0 Å². The van der Waals surface area contributed by atoms with E-state index in [4.69, 9.17) is 0 Å². The SMILES string of the molecule is OCCc1ccc2c3c(cccc13)-c1ccccc1-2. The lowest BCUT2D eigenvalue weighted by atomic mass is 9.97. The minimum absolute atomic E-state index is 0.200.